The third kappa shape index (κ3) is 3.68. The van der Waals surface area contributed by atoms with Gasteiger partial charge in [0.15, 0.2) is 0 Å². The number of halogens is 3. The monoisotopic (exact) mass is 304 g/mol. The molecule has 1 heterocycles. The predicted molar refractivity (Wildman–Crippen MR) is 70.7 cm³/mol. The van der Waals surface area contributed by atoms with Crippen LogP contribution in [0.5, 0.6) is 5.75 Å². The van der Waals surface area contributed by atoms with Gasteiger partial charge in [-0.1, -0.05) is 19.1 Å². The van der Waals surface area contributed by atoms with Crippen LogP contribution >= 0.6 is 0 Å². The van der Waals surface area contributed by atoms with Gasteiger partial charge >= 0.3 is 6.36 Å². The zero-order valence-electron chi connectivity index (χ0n) is 12.1. The van der Waals surface area contributed by atoms with Crippen molar-refractivity contribution in [1.82, 2.24) is 0 Å². The maximum Gasteiger partial charge on any atom is 0.573 e. The highest BCUT2D eigenvalue weighted by Crippen LogP contribution is 2.41. The highest BCUT2D eigenvalue weighted by molar-refractivity contribution is 5.30. The minimum absolute atomic E-state index is 0.00857. The van der Waals surface area contributed by atoms with E-state index in [1.807, 2.05) is 20.8 Å². The summed E-state index contributed by atoms with van der Waals surface area (Å²) in [5.74, 6) is -0.380. The van der Waals surface area contributed by atoms with Crippen molar-refractivity contribution in [1.29, 1.82) is 0 Å². The highest BCUT2D eigenvalue weighted by atomic mass is 19.4. The second-order valence-electron chi connectivity index (χ2n) is 5.55. The number of ether oxygens (including phenoxy) is 2. The molecule has 118 valence electrons. The Balaban J connectivity index is 2.20. The van der Waals surface area contributed by atoms with Crippen LogP contribution in [0.3, 0.4) is 0 Å². The van der Waals surface area contributed by atoms with Gasteiger partial charge in [0.25, 0.3) is 0 Å². The molecule has 5 unspecified atom stereocenters. The summed E-state index contributed by atoms with van der Waals surface area (Å²) in [6.45, 7) is 5.76. The number of aliphatic hydroxyl groups excluding tert-OH is 1. The van der Waals surface area contributed by atoms with Gasteiger partial charge in [0, 0.05) is 5.92 Å². The van der Waals surface area contributed by atoms with Crippen LogP contribution in [0, 0.1) is 11.8 Å². The van der Waals surface area contributed by atoms with Gasteiger partial charge in [-0.25, -0.2) is 0 Å². The predicted octanol–water partition coefficient (Wildman–Crippen LogP) is 3.68. The molecule has 1 aliphatic rings. The molecule has 0 aromatic heterocycles. The molecule has 0 spiro atoms. The molecule has 1 saturated heterocycles. The van der Waals surface area contributed by atoms with E-state index in [2.05, 4.69) is 4.74 Å². The summed E-state index contributed by atoms with van der Waals surface area (Å²) in [6.07, 6.45) is -5.78. The molecule has 0 saturated carbocycles. The first-order valence-corrected chi connectivity index (χ1v) is 6.88. The van der Waals surface area contributed by atoms with Gasteiger partial charge in [0.2, 0.25) is 0 Å². The van der Waals surface area contributed by atoms with E-state index in [0.29, 0.717) is 5.56 Å². The quantitative estimate of drug-likeness (QED) is 0.926. The minimum Gasteiger partial charge on any atom is -0.406 e. The summed E-state index contributed by atoms with van der Waals surface area (Å²) in [4.78, 5) is 0. The number of aliphatic hydroxyl groups is 1. The first-order chi connectivity index (χ1) is 9.69. The molecule has 21 heavy (non-hydrogen) atoms. The largest absolute Gasteiger partial charge is 0.573 e. The van der Waals surface area contributed by atoms with Gasteiger partial charge in [0.05, 0.1) is 18.3 Å². The van der Waals surface area contributed by atoms with Crippen LogP contribution in [-0.4, -0.2) is 23.7 Å². The number of hydrogen-bond donors (Lipinski definition) is 1. The molecule has 1 fully saturated rings. The third-order valence-corrected chi connectivity index (χ3v) is 4.12. The molecular formula is C15H19F3O3. The van der Waals surface area contributed by atoms with Crippen LogP contribution < -0.4 is 4.74 Å². The van der Waals surface area contributed by atoms with Crippen molar-refractivity contribution >= 4 is 0 Å². The van der Waals surface area contributed by atoms with Gasteiger partial charge in [-0.05, 0) is 37.5 Å². The fourth-order valence-corrected chi connectivity index (χ4v) is 2.96. The standard InChI is InChI=1S/C15H19F3O3/c1-8-9(2)20-10(3)13(8)14(19)11-5-4-6-12(7-11)21-15(16,17)18/h4-10,13-14,19H,1-3H3. The average Bonchev–Trinajstić information content (AvgIpc) is 2.61. The van der Waals surface area contributed by atoms with E-state index in [-0.39, 0.29) is 29.8 Å². The van der Waals surface area contributed by atoms with Gasteiger partial charge < -0.3 is 14.6 Å². The van der Waals surface area contributed by atoms with Crippen molar-refractivity contribution < 1.29 is 27.8 Å². The van der Waals surface area contributed by atoms with Crippen LogP contribution in [0.25, 0.3) is 0 Å². The van der Waals surface area contributed by atoms with E-state index >= 15 is 0 Å². The molecule has 1 aromatic carbocycles. The normalized spacial score (nSPS) is 31.2. The smallest absolute Gasteiger partial charge is 0.406 e. The lowest BCUT2D eigenvalue weighted by atomic mass is 9.82. The van der Waals surface area contributed by atoms with E-state index in [1.54, 1.807) is 6.07 Å². The van der Waals surface area contributed by atoms with E-state index in [0.717, 1.165) is 0 Å². The molecule has 1 aromatic rings. The molecule has 0 aliphatic carbocycles. The SMILES string of the molecule is CC1OC(C)C(C(O)c2cccc(OC(F)(F)F)c2)C1C. The van der Waals surface area contributed by atoms with E-state index < -0.39 is 12.5 Å². The first kappa shape index (κ1) is 16.1. The number of benzene rings is 1. The lowest BCUT2D eigenvalue weighted by molar-refractivity contribution is -0.274. The van der Waals surface area contributed by atoms with E-state index in [9.17, 15) is 18.3 Å². The molecule has 2 rings (SSSR count). The fourth-order valence-electron chi connectivity index (χ4n) is 2.96. The van der Waals surface area contributed by atoms with E-state index in [1.165, 1.54) is 18.2 Å². The Morgan fingerprint density at radius 3 is 2.38 bits per heavy atom. The Morgan fingerprint density at radius 1 is 1.19 bits per heavy atom. The van der Waals surface area contributed by atoms with Crippen molar-refractivity contribution in [2.75, 3.05) is 0 Å². The van der Waals surface area contributed by atoms with Gasteiger partial charge in [0.1, 0.15) is 5.75 Å². The summed E-state index contributed by atoms with van der Waals surface area (Å²) >= 11 is 0. The molecule has 0 bridgehead atoms. The highest BCUT2D eigenvalue weighted by Gasteiger charge is 2.41. The zero-order valence-corrected chi connectivity index (χ0v) is 12.1. The van der Waals surface area contributed by atoms with Gasteiger partial charge in [-0.3, -0.25) is 0 Å². The summed E-state index contributed by atoms with van der Waals surface area (Å²) < 4.78 is 46.3. The summed E-state index contributed by atoms with van der Waals surface area (Å²) in [7, 11) is 0. The molecule has 6 heteroatoms. The summed E-state index contributed by atoms with van der Waals surface area (Å²) in [5, 5.41) is 10.5. The van der Waals surface area contributed by atoms with Crippen molar-refractivity contribution in [3.05, 3.63) is 29.8 Å². The summed E-state index contributed by atoms with van der Waals surface area (Å²) in [6, 6.07) is 5.47. The molecular weight excluding hydrogens is 285 g/mol. The van der Waals surface area contributed by atoms with Gasteiger partial charge in [-0.2, -0.15) is 0 Å². The van der Waals surface area contributed by atoms with Crippen LogP contribution in [0.4, 0.5) is 13.2 Å². The van der Waals surface area contributed by atoms with Crippen LogP contribution in [-0.2, 0) is 4.74 Å². The maximum absolute atomic E-state index is 12.2. The Bertz CT molecular complexity index is 489. The fraction of sp³-hybridized carbons (Fsp3) is 0.600. The number of hydrogen-bond acceptors (Lipinski definition) is 3. The first-order valence-electron chi connectivity index (χ1n) is 6.88. The van der Waals surface area contributed by atoms with Crippen molar-refractivity contribution in [3.63, 3.8) is 0 Å². The Labute approximate surface area is 121 Å². The van der Waals surface area contributed by atoms with Crippen molar-refractivity contribution in [3.8, 4) is 5.75 Å². The molecule has 1 N–H and O–H groups in total. The van der Waals surface area contributed by atoms with Crippen molar-refractivity contribution in [2.24, 2.45) is 11.8 Å². The Morgan fingerprint density at radius 2 is 1.86 bits per heavy atom. The zero-order chi connectivity index (χ0) is 15.8. The molecule has 1 aliphatic heterocycles. The Hall–Kier alpha value is -1.27. The average molecular weight is 304 g/mol. The lowest BCUT2D eigenvalue weighted by Gasteiger charge is -2.25. The Kier molecular flexibility index (Phi) is 4.49. The van der Waals surface area contributed by atoms with Crippen LogP contribution in [0.15, 0.2) is 24.3 Å². The maximum atomic E-state index is 12.2. The van der Waals surface area contributed by atoms with E-state index in [4.69, 9.17) is 4.74 Å². The second kappa shape index (κ2) is 5.85. The number of rotatable bonds is 3. The number of alkyl halides is 3. The molecule has 0 radical (unpaired) electrons. The summed E-state index contributed by atoms with van der Waals surface area (Å²) in [5.41, 5.74) is 0.401. The lowest BCUT2D eigenvalue weighted by Crippen LogP contribution is -2.25. The molecule has 3 nitrogen and oxygen atoms in total. The molecule has 0 amide bonds. The second-order valence-corrected chi connectivity index (χ2v) is 5.55. The van der Waals surface area contributed by atoms with Crippen molar-refractivity contribution in [2.45, 2.75) is 45.4 Å². The topological polar surface area (TPSA) is 38.7 Å². The minimum atomic E-state index is -4.74. The van der Waals surface area contributed by atoms with Crippen LogP contribution in [0.1, 0.15) is 32.4 Å². The van der Waals surface area contributed by atoms with Crippen LogP contribution in [0.2, 0.25) is 0 Å². The third-order valence-electron chi connectivity index (χ3n) is 4.12. The van der Waals surface area contributed by atoms with Gasteiger partial charge in [-0.15, -0.1) is 13.2 Å². The molecule has 5 atom stereocenters.